The first-order valence-corrected chi connectivity index (χ1v) is 4.62. The zero-order valence-electron chi connectivity index (χ0n) is 8.65. The zero-order valence-corrected chi connectivity index (χ0v) is 8.65. The van der Waals surface area contributed by atoms with Gasteiger partial charge in [0.1, 0.15) is 5.69 Å². The monoisotopic (exact) mass is 241 g/mol. The largest absolute Gasteiger partial charge is 0.481 e. The summed E-state index contributed by atoms with van der Waals surface area (Å²) in [6.45, 7) is -0.0635. The van der Waals surface area contributed by atoms with Crippen molar-refractivity contribution in [1.29, 1.82) is 5.26 Å². The van der Waals surface area contributed by atoms with E-state index in [1.807, 2.05) is 0 Å². The molecule has 5 nitrogen and oxygen atoms in total. The summed E-state index contributed by atoms with van der Waals surface area (Å²) in [5.41, 5.74) is 4.51. The molecule has 0 unspecified atom stereocenters. The number of hydrogen-bond donors (Lipinski definition) is 2. The summed E-state index contributed by atoms with van der Waals surface area (Å²) in [6.07, 6.45) is -2.53. The van der Waals surface area contributed by atoms with E-state index in [1.165, 1.54) is 0 Å². The molecule has 0 bridgehead atoms. The molecular weight excluding hydrogens is 232 g/mol. The number of carboxylic acid groups (broad SMARTS) is 1. The van der Waals surface area contributed by atoms with Gasteiger partial charge in [-0.1, -0.05) is 0 Å². The summed E-state index contributed by atoms with van der Waals surface area (Å²) in [5, 5.41) is 17.5. The maximum atomic E-state index is 12.6. The fourth-order valence-corrected chi connectivity index (χ4v) is 1.42. The molecule has 0 atom stereocenters. The van der Waals surface area contributed by atoms with E-state index in [0.717, 1.165) is 6.20 Å². The van der Waals surface area contributed by atoms with Gasteiger partial charge < -0.3 is 10.8 Å². The van der Waals surface area contributed by atoms with Crippen molar-refractivity contribution in [2.75, 3.05) is 0 Å². The van der Waals surface area contributed by atoms with Crippen LogP contribution in [0.1, 0.15) is 28.8 Å². The lowest BCUT2D eigenvalue weighted by Gasteiger charge is -2.10. The Hall–Kier alpha value is -2.07. The van der Waals surface area contributed by atoms with Crippen molar-refractivity contribution in [3.8, 4) is 6.07 Å². The summed E-state index contributed by atoms with van der Waals surface area (Å²) < 4.78 is 25.3. The van der Waals surface area contributed by atoms with Crippen LogP contribution in [-0.2, 0) is 17.8 Å². The normalized spacial score (nSPS) is 10.3. The number of rotatable bonds is 4. The number of hydrogen-bond acceptors (Lipinski definition) is 4. The van der Waals surface area contributed by atoms with E-state index in [0.29, 0.717) is 0 Å². The third-order valence-electron chi connectivity index (χ3n) is 2.16. The molecule has 1 aromatic heterocycles. The Balaban J connectivity index is 3.45. The summed E-state index contributed by atoms with van der Waals surface area (Å²) in [6, 6.07) is 1.70. The Kier molecular flexibility index (Phi) is 4.06. The van der Waals surface area contributed by atoms with E-state index in [1.54, 1.807) is 6.07 Å². The summed E-state index contributed by atoms with van der Waals surface area (Å²) in [7, 11) is 0. The lowest BCUT2D eigenvalue weighted by atomic mass is 9.99. The van der Waals surface area contributed by atoms with Crippen molar-refractivity contribution in [2.24, 2.45) is 5.73 Å². The van der Waals surface area contributed by atoms with Crippen LogP contribution >= 0.6 is 0 Å². The highest BCUT2D eigenvalue weighted by Crippen LogP contribution is 2.25. The van der Waals surface area contributed by atoms with Crippen LogP contribution in [0.2, 0.25) is 0 Å². The molecule has 0 saturated carbocycles. The minimum absolute atomic E-state index is 0.0635. The van der Waals surface area contributed by atoms with E-state index in [2.05, 4.69) is 4.98 Å². The molecule has 0 aliphatic rings. The summed E-state index contributed by atoms with van der Waals surface area (Å²) in [4.78, 5) is 14.1. The fourth-order valence-electron chi connectivity index (χ4n) is 1.42. The second-order valence-electron chi connectivity index (χ2n) is 3.21. The van der Waals surface area contributed by atoms with Gasteiger partial charge in [-0.25, -0.2) is 8.78 Å². The lowest BCUT2D eigenvalue weighted by Crippen LogP contribution is -2.12. The van der Waals surface area contributed by atoms with Crippen LogP contribution in [0.3, 0.4) is 0 Å². The van der Waals surface area contributed by atoms with Gasteiger partial charge in [0.15, 0.2) is 0 Å². The number of alkyl halides is 2. The molecule has 1 rings (SSSR count). The highest BCUT2D eigenvalue weighted by Gasteiger charge is 2.22. The van der Waals surface area contributed by atoms with Crippen molar-refractivity contribution in [3.05, 3.63) is 28.6 Å². The maximum absolute atomic E-state index is 12.6. The number of nitrogens with two attached hydrogens (primary N) is 1. The first-order chi connectivity index (χ1) is 8.01. The third-order valence-corrected chi connectivity index (χ3v) is 2.16. The van der Waals surface area contributed by atoms with Gasteiger partial charge in [0.2, 0.25) is 0 Å². The number of aliphatic carboxylic acids is 1. The average Bonchev–Trinajstić information content (AvgIpc) is 2.27. The second kappa shape index (κ2) is 5.32. The predicted molar refractivity (Wildman–Crippen MR) is 53.1 cm³/mol. The van der Waals surface area contributed by atoms with Crippen molar-refractivity contribution < 1.29 is 18.7 Å². The predicted octanol–water partition coefficient (Wildman–Crippen LogP) is 0.977. The first-order valence-electron chi connectivity index (χ1n) is 4.62. The van der Waals surface area contributed by atoms with E-state index in [4.69, 9.17) is 16.1 Å². The number of halogens is 2. The fraction of sp³-hybridized carbons (Fsp3) is 0.300. The molecule has 0 aliphatic heterocycles. The highest BCUT2D eigenvalue weighted by atomic mass is 19.3. The molecular formula is C10H9F2N3O2. The molecule has 3 N–H and O–H groups in total. The molecule has 17 heavy (non-hydrogen) atoms. The van der Waals surface area contributed by atoms with Gasteiger partial charge >= 0.3 is 5.97 Å². The molecule has 0 aliphatic carbocycles. The number of nitrogens with zero attached hydrogens (tertiary/aromatic N) is 2. The van der Waals surface area contributed by atoms with Crippen LogP contribution in [-0.4, -0.2) is 16.1 Å². The van der Waals surface area contributed by atoms with Gasteiger partial charge in [0.25, 0.3) is 6.43 Å². The number of carbonyl (C=O) groups is 1. The van der Waals surface area contributed by atoms with Crippen molar-refractivity contribution in [1.82, 2.24) is 4.98 Å². The minimum atomic E-state index is -2.93. The van der Waals surface area contributed by atoms with Crippen LogP contribution in [0, 0.1) is 11.3 Å². The van der Waals surface area contributed by atoms with Crippen molar-refractivity contribution >= 4 is 5.97 Å². The summed E-state index contributed by atoms with van der Waals surface area (Å²) >= 11 is 0. The van der Waals surface area contributed by atoms with Crippen molar-refractivity contribution in [2.45, 2.75) is 19.4 Å². The van der Waals surface area contributed by atoms with Crippen LogP contribution in [0.5, 0.6) is 0 Å². The Morgan fingerprint density at radius 3 is 2.71 bits per heavy atom. The molecule has 0 radical (unpaired) electrons. The van der Waals surface area contributed by atoms with E-state index in [-0.39, 0.29) is 23.2 Å². The van der Waals surface area contributed by atoms with E-state index in [9.17, 15) is 13.6 Å². The molecule has 0 saturated heterocycles. The smallest absolute Gasteiger partial charge is 0.307 e. The van der Waals surface area contributed by atoms with Gasteiger partial charge in [-0.2, -0.15) is 5.26 Å². The van der Waals surface area contributed by atoms with Crippen LogP contribution in [0.25, 0.3) is 0 Å². The van der Waals surface area contributed by atoms with Crippen LogP contribution in [0.15, 0.2) is 6.20 Å². The second-order valence-corrected chi connectivity index (χ2v) is 3.21. The molecule has 0 spiro atoms. The average molecular weight is 241 g/mol. The third kappa shape index (κ3) is 2.73. The number of pyridine rings is 1. The standard InChI is InChI=1S/C10H9F2N3O2/c11-10(12)9-6(1-8(16)17)7(3-14)5(2-13)4-15-9/h4,10H,1-2,13H2,(H,16,17). The van der Waals surface area contributed by atoms with Gasteiger partial charge in [-0.3, -0.25) is 9.78 Å². The Bertz CT molecular complexity index is 483. The van der Waals surface area contributed by atoms with Gasteiger partial charge in [-0.05, 0) is 0 Å². The molecule has 90 valence electrons. The molecule has 1 aromatic rings. The lowest BCUT2D eigenvalue weighted by molar-refractivity contribution is -0.136. The number of nitriles is 1. The van der Waals surface area contributed by atoms with E-state index < -0.39 is 24.5 Å². The Morgan fingerprint density at radius 1 is 1.65 bits per heavy atom. The van der Waals surface area contributed by atoms with Gasteiger partial charge in [0.05, 0.1) is 18.1 Å². The van der Waals surface area contributed by atoms with Gasteiger partial charge in [-0.15, -0.1) is 0 Å². The topological polar surface area (TPSA) is 100 Å². The highest BCUT2D eigenvalue weighted by molar-refractivity contribution is 5.72. The molecule has 1 heterocycles. The summed E-state index contributed by atoms with van der Waals surface area (Å²) in [5.74, 6) is -1.31. The number of carboxylic acids is 1. The molecule has 0 aromatic carbocycles. The molecule has 0 fully saturated rings. The maximum Gasteiger partial charge on any atom is 0.307 e. The number of aromatic nitrogens is 1. The molecule has 7 heteroatoms. The van der Waals surface area contributed by atoms with Crippen LogP contribution < -0.4 is 5.73 Å². The minimum Gasteiger partial charge on any atom is -0.481 e. The Labute approximate surface area is 95.5 Å². The Morgan fingerprint density at radius 2 is 2.29 bits per heavy atom. The van der Waals surface area contributed by atoms with Crippen molar-refractivity contribution in [3.63, 3.8) is 0 Å². The van der Waals surface area contributed by atoms with Crippen LogP contribution in [0.4, 0.5) is 8.78 Å². The SMILES string of the molecule is N#Cc1c(CN)cnc(C(F)F)c1CC(=O)O. The first kappa shape index (κ1) is 13.0. The quantitative estimate of drug-likeness (QED) is 0.818. The zero-order chi connectivity index (χ0) is 13.0. The molecule has 0 amide bonds. The van der Waals surface area contributed by atoms with E-state index >= 15 is 0 Å². The van der Waals surface area contributed by atoms with Gasteiger partial charge in [0, 0.05) is 23.9 Å².